The molecular formula is C17H14N4O2. The van der Waals surface area contributed by atoms with Crippen LogP contribution in [0.4, 0.5) is 0 Å². The molecule has 0 saturated carbocycles. The van der Waals surface area contributed by atoms with E-state index in [2.05, 4.69) is 11.7 Å². The predicted molar refractivity (Wildman–Crippen MR) is 81.8 cm³/mol. The van der Waals surface area contributed by atoms with Crippen molar-refractivity contribution in [2.75, 3.05) is 6.61 Å². The van der Waals surface area contributed by atoms with Gasteiger partial charge in [0, 0.05) is 0 Å². The Morgan fingerprint density at radius 3 is 2.78 bits per heavy atom. The van der Waals surface area contributed by atoms with Crippen molar-refractivity contribution in [3.8, 4) is 12.1 Å². The van der Waals surface area contributed by atoms with E-state index in [9.17, 15) is 15.3 Å². The largest absolute Gasteiger partial charge is 0.465 e. The molecular weight excluding hydrogens is 292 g/mol. The Kier molecular flexibility index (Phi) is 3.38. The van der Waals surface area contributed by atoms with E-state index in [-0.39, 0.29) is 12.2 Å². The molecule has 1 aromatic carbocycles. The maximum atomic E-state index is 12.5. The van der Waals surface area contributed by atoms with E-state index in [4.69, 9.17) is 4.74 Å². The van der Waals surface area contributed by atoms with Gasteiger partial charge in [-0.15, -0.1) is 0 Å². The number of carbonyl (C=O) groups is 1. The standard InChI is InChI=1S/C17H14N4O2/c1-3-23-16(22)14-11(2)17(9-18,10-19)21-15(14)13-7-5-4-6-12(13)8-20-21/h4-8,14-15H,2-3H2,1H3/t14-,15-/m0/s1. The predicted octanol–water partition coefficient (Wildman–Crippen LogP) is 1.91. The van der Waals surface area contributed by atoms with Gasteiger partial charge in [-0.25, -0.2) is 0 Å². The number of carbonyl (C=O) groups excluding carboxylic acids is 1. The molecule has 2 aliphatic heterocycles. The maximum absolute atomic E-state index is 12.5. The highest BCUT2D eigenvalue weighted by atomic mass is 16.5. The molecule has 0 bridgehead atoms. The molecule has 1 aromatic rings. The normalized spacial score (nSPS) is 23.4. The lowest BCUT2D eigenvalue weighted by atomic mass is 9.85. The van der Waals surface area contributed by atoms with E-state index in [0.29, 0.717) is 0 Å². The van der Waals surface area contributed by atoms with E-state index in [1.807, 2.05) is 36.4 Å². The highest BCUT2D eigenvalue weighted by Gasteiger charge is 2.60. The van der Waals surface area contributed by atoms with Crippen molar-refractivity contribution in [3.05, 3.63) is 47.5 Å². The number of fused-ring (bicyclic) bond motifs is 3. The summed E-state index contributed by atoms with van der Waals surface area (Å²) < 4.78 is 5.15. The van der Waals surface area contributed by atoms with Crippen molar-refractivity contribution in [1.82, 2.24) is 5.01 Å². The highest BCUT2D eigenvalue weighted by Crippen LogP contribution is 2.51. The summed E-state index contributed by atoms with van der Waals surface area (Å²) >= 11 is 0. The summed E-state index contributed by atoms with van der Waals surface area (Å²) in [5, 5.41) is 24.8. The topological polar surface area (TPSA) is 89.5 Å². The zero-order chi connectivity index (χ0) is 16.6. The van der Waals surface area contributed by atoms with Gasteiger partial charge in [0.15, 0.2) is 0 Å². The van der Waals surface area contributed by atoms with Gasteiger partial charge in [0.05, 0.1) is 18.9 Å². The molecule has 2 aliphatic rings. The summed E-state index contributed by atoms with van der Waals surface area (Å²) in [6.45, 7) is 5.80. The van der Waals surface area contributed by atoms with Crippen LogP contribution in [-0.4, -0.2) is 29.3 Å². The third-order valence-electron chi connectivity index (χ3n) is 4.26. The molecule has 6 nitrogen and oxygen atoms in total. The molecule has 2 atom stereocenters. The van der Waals surface area contributed by atoms with Gasteiger partial charge in [0.2, 0.25) is 0 Å². The van der Waals surface area contributed by atoms with Crippen LogP contribution in [0.15, 0.2) is 41.5 Å². The number of rotatable bonds is 2. The molecule has 2 heterocycles. The Labute approximate surface area is 133 Å². The Balaban J connectivity index is 2.21. The SMILES string of the molecule is C=C1[C@H](C(=O)OCC)[C@@H]2c3ccccc3C=NN2C1(C#N)C#N. The van der Waals surface area contributed by atoms with Crippen LogP contribution in [0.25, 0.3) is 0 Å². The van der Waals surface area contributed by atoms with Crippen molar-refractivity contribution in [2.24, 2.45) is 11.0 Å². The van der Waals surface area contributed by atoms with Gasteiger partial charge in [-0.05, 0) is 23.6 Å². The molecule has 0 unspecified atom stereocenters. The summed E-state index contributed by atoms with van der Waals surface area (Å²) in [6.07, 6.45) is 1.59. The number of nitriles is 2. The summed E-state index contributed by atoms with van der Waals surface area (Å²) in [5.41, 5.74) is 0.211. The second-order valence-corrected chi connectivity index (χ2v) is 5.35. The van der Waals surface area contributed by atoms with Gasteiger partial charge in [-0.1, -0.05) is 30.8 Å². The van der Waals surface area contributed by atoms with Crippen LogP contribution >= 0.6 is 0 Å². The first-order chi connectivity index (χ1) is 11.1. The van der Waals surface area contributed by atoms with Crippen LogP contribution in [0.5, 0.6) is 0 Å². The van der Waals surface area contributed by atoms with Gasteiger partial charge in [0.25, 0.3) is 5.54 Å². The van der Waals surface area contributed by atoms with Crippen molar-refractivity contribution in [2.45, 2.75) is 18.5 Å². The molecule has 0 aliphatic carbocycles. The average molecular weight is 306 g/mol. The molecule has 1 fully saturated rings. The van der Waals surface area contributed by atoms with Crippen LogP contribution in [0, 0.1) is 28.6 Å². The number of hydrogen-bond donors (Lipinski definition) is 0. The quantitative estimate of drug-likeness (QED) is 0.615. The Bertz CT molecular complexity index is 786. The lowest BCUT2D eigenvalue weighted by molar-refractivity contribution is -0.147. The van der Waals surface area contributed by atoms with Crippen molar-refractivity contribution in [1.29, 1.82) is 10.5 Å². The molecule has 0 N–H and O–H groups in total. The second-order valence-electron chi connectivity index (χ2n) is 5.35. The highest BCUT2D eigenvalue weighted by molar-refractivity contribution is 5.86. The zero-order valence-electron chi connectivity index (χ0n) is 12.6. The second kappa shape index (κ2) is 5.26. The van der Waals surface area contributed by atoms with E-state index in [1.54, 1.807) is 13.1 Å². The minimum atomic E-state index is -1.67. The fourth-order valence-electron chi connectivity index (χ4n) is 3.18. The number of benzene rings is 1. The van der Waals surface area contributed by atoms with Crippen molar-refractivity contribution >= 4 is 12.2 Å². The lowest BCUT2D eigenvalue weighted by Crippen LogP contribution is -2.41. The van der Waals surface area contributed by atoms with Crippen molar-refractivity contribution < 1.29 is 9.53 Å². The Morgan fingerprint density at radius 1 is 1.43 bits per heavy atom. The molecule has 114 valence electrons. The van der Waals surface area contributed by atoms with E-state index in [0.717, 1.165) is 11.1 Å². The molecule has 1 saturated heterocycles. The lowest BCUT2D eigenvalue weighted by Gasteiger charge is -2.32. The summed E-state index contributed by atoms with van der Waals surface area (Å²) in [4.78, 5) is 12.5. The summed E-state index contributed by atoms with van der Waals surface area (Å²) in [7, 11) is 0. The fourth-order valence-corrected chi connectivity index (χ4v) is 3.18. The number of hydrazone groups is 1. The molecule has 23 heavy (non-hydrogen) atoms. The average Bonchev–Trinajstić information content (AvgIpc) is 2.83. The first kappa shape index (κ1) is 14.8. The van der Waals surface area contributed by atoms with Gasteiger partial charge < -0.3 is 4.74 Å². The molecule has 0 amide bonds. The monoisotopic (exact) mass is 306 g/mol. The first-order valence-corrected chi connectivity index (χ1v) is 7.21. The van der Waals surface area contributed by atoms with Gasteiger partial charge in [0.1, 0.15) is 18.1 Å². The van der Waals surface area contributed by atoms with Crippen LogP contribution in [0.3, 0.4) is 0 Å². The van der Waals surface area contributed by atoms with Crippen LogP contribution in [0.2, 0.25) is 0 Å². The number of hydrogen-bond acceptors (Lipinski definition) is 6. The maximum Gasteiger partial charge on any atom is 0.315 e. The molecule has 0 spiro atoms. The third kappa shape index (κ3) is 1.85. The molecule has 0 aromatic heterocycles. The third-order valence-corrected chi connectivity index (χ3v) is 4.26. The van der Waals surface area contributed by atoms with E-state index < -0.39 is 23.5 Å². The number of esters is 1. The minimum Gasteiger partial charge on any atom is -0.465 e. The van der Waals surface area contributed by atoms with Gasteiger partial charge >= 0.3 is 5.97 Å². The Morgan fingerprint density at radius 2 is 2.13 bits per heavy atom. The molecule has 3 rings (SSSR count). The summed E-state index contributed by atoms with van der Waals surface area (Å²) in [5.74, 6) is -1.31. The smallest absolute Gasteiger partial charge is 0.315 e. The Hall–Kier alpha value is -3.12. The van der Waals surface area contributed by atoms with Gasteiger partial charge in [-0.3, -0.25) is 9.80 Å². The van der Waals surface area contributed by atoms with Crippen molar-refractivity contribution in [3.63, 3.8) is 0 Å². The fraction of sp³-hybridized carbons (Fsp3) is 0.294. The van der Waals surface area contributed by atoms with E-state index >= 15 is 0 Å². The van der Waals surface area contributed by atoms with Gasteiger partial charge in [-0.2, -0.15) is 15.6 Å². The number of nitrogens with zero attached hydrogens (tertiary/aromatic N) is 4. The van der Waals surface area contributed by atoms with E-state index in [1.165, 1.54) is 5.01 Å². The van der Waals surface area contributed by atoms with Crippen LogP contribution < -0.4 is 0 Å². The zero-order valence-corrected chi connectivity index (χ0v) is 12.6. The molecule has 0 radical (unpaired) electrons. The van der Waals surface area contributed by atoms with Crippen LogP contribution in [0.1, 0.15) is 24.1 Å². The first-order valence-electron chi connectivity index (χ1n) is 7.21. The van der Waals surface area contributed by atoms with Crippen LogP contribution in [-0.2, 0) is 9.53 Å². The molecule has 6 heteroatoms. The number of ether oxygens (including phenoxy) is 1. The minimum absolute atomic E-state index is 0.208. The summed E-state index contributed by atoms with van der Waals surface area (Å²) in [6, 6.07) is 10.8.